The van der Waals surface area contributed by atoms with Crippen molar-refractivity contribution in [3.63, 3.8) is 0 Å². The van der Waals surface area contributed by atoms with Gasteiger partial charge in [-0.1, -0.05) is 18.3 Å². The number of aliphatic carboxylic acids is 1. The van der Waals surface area contributed by atoms with Crippen LogP contribution in [0.5, 0.6) is 0 Å². The predicted octanol–water partition coefficient (Wildman–Crippen LogP) is 1.37. The third-order valence-electron chi connectivity index (χ3n) is 2.26. The van der Waals surface area contributed by atoms with Crippen molar-refractivity contribution in [2.75, 3.05) is 5.32 Å². The average molecular weight is 312 g/mol. The zero-order valence-corrected chi connectivity index (χ0v) is 12.3. The first-order valence-electron chi connectivity index (χ1n) is 5.84. The number of carboxylic acids is 1. The predicted molar refractivity (Wildman–Crippen MR) is 75.1 cm³/mol. The maximum atomic E-state index is 11.8. The van der Waals surface area contributed by atoms with Gasteiger partial charge in [0.2, 0.25) is 11.0 Å². The van der Waals surface area contributed by atoms with Crippen LogP contribution >= 0.6 is 22.7 Å². The van der Waals surface area contributed by atoms with Crippen LogP contribution in [0, 0.1) is 0 Å². The summed E-state index contributed by atoms with van der Waals surface area (Å²) in [4.78, 5) is 26.4. The van der Waals surface area contributed by atoms with Crippen LogP contribution in [-0.4, -0.2) is 32.2 Å². The number of aromatic nitrogens is 3. The van der Waals surface area contributed by atoms with Gasteiger partial charge in [-0.25, -0.2) is 4.98 Å². The van der Waals surface area contributed by atoms with Crippen LogP contribution in [0.25, 0.3) is 0 Å². The van der Waals surface area contributed by atoms with Gasteiger partial charge in [-0.2, -0.15) is 0 Å². The van der Waals surface area contributed by atoms with Gasteiger partial charge >= 0.3 is 5.97 Å². The highest BCUT2D eigenvalue weighted by Gasteiger charge is 2.12. The van der Waals surface area contributed by atoms with Gasteiger partial charge in [0, 0.05) is 5.38 Å². The second-order valence-electron chi connectivity index (χ2n) is 3.88. The maximum absolute atomic E-state index is 11.8. The Morgan fingerprint density at radius 3 is 2.75 bits per heavy atom. The minimum atomic E-state index is -0.938. The van der Waals surface area contributed by atoms with Gasteiger partial charge in [-0.05, 0) is 6.42 Å². The van der Waals surface area contributed by atoms with E-state index < -0.39 is 5.97 Å². The molecule has 0 atom stereocenters. The number of carbonyl (C=O) groups is 2. The number of hydrogen-bond acceptors (Lipinski definition) is 7. The van der Waals surface area contributed by atoms with Gasteiger partial charge in [0.1, 0.15) is 10.0 Å². The number of carboxylic acid groups (broad SMARTS) is 1. The summed E-state index contributed by atoms with van der Waals surface area (Å²) in [5.74, 6) is -1.17. The minimum absolute atomic E-state index is 0.103. The van der Waals surface area contributed by atoms with E-state index in [1.54, 1.807) is 5.38 Å². The van der Waals surface area contributed by atoms with Crippen LogP contribution in [0.1, 0.15) is 22.6 Å². The number of nitrogens with one attached hydrogen (secondary N) is 1. The molecule has 0 unspecified atom stereocenters. The third-order valence-corrected chi connectivity index (χ3v) is 4.14. The smallest absolute Gasteiger partial charge is 0.309 e. The van der Waals surface area contributed by atoms with Gasteiger partial charge in [-0.15, -0.1) is 21.5 Å². The number of aryl methyl sites for hydroxylation is 1. The van der Waals surface area contributed by atoms with Crippen molar-refractivity contribution in [2.45, 2.75) is 26.2 Å². The fourth-order valence-corrected chi connectivity index (χ4v) is 2.90. The van der Waals surface area contributed by atoms with Crippen LogP contribution < -0.4 is 5.32 Å². The molecule has 7 nitrogen and oxygen atoms in total. The highest BCUT2D eigenvalue weighted by molar-refractivity contribution is 7.15. The van der Waals surface area contributed by atoms with Crippen molar-refractivity contribution in [1.29, 1.82) is 0 Å². The minimum Gasteiger partial charge on any atom is -0.481 e. The second kappa shape index (κ2) is 6.53. The lowest BCUT2D eigenvalue weighted by atomic mass is 10.3. The van der Waals surface area contributed by atoms with E-state index in [0.717, 1.165) is 11.4 Å². The fourth-order valence-electron chi connectivity index (χ4n) is 1.41. The van der Waals surface area contributed by atoms with Crippen LogP contribution in [0.4, 0.5) is 5.13 Å². The number of nitrogens with zero attached hydrogens (tertiary/aromatic N) is 3. The van der Waals surface area contributed by atoms with Crippen molar-refractivity contribution in [3.8, 4) is 0 Å². The average Bonchev–Trinajstić information content (AvgIpc) is 2.98. The Labute approximate surface area is 122 Å². The molecule has 0 aliphatic carbocycles. The molecule has 2 aromatic rings. The van der Waals surface area contributed by atoms with E-state index in [4.69, 9.17) is 5.11 Å². The summed E-state index contributed by atoms with van der Waals surface area (Å²) in [7, 11) is 0. The Morgan fingerprint density at radius 2 is 2.10 bits per heavy atom. The van der Waals surface area contributed by atoms with Crippen molar-refractivity contribution in [2.24, 2.45) is 0 Å². The zero-order valence-electron chi connectivity index (χ0n) is 10.6. The molecule has 1 amide bonds. The first kappa shape index (κ1) is 14.5. The molecule has 0 radical (unpaired) electrons. The standard InChI is InChI=1S/C11H12N4O3S2/c1-2-8-14-15-11(20-8)13-7(16)4-9-12-6(5-19-9)3-10(17)18/h5H,2-4H2,1H3,(H,17,18)(H,13,15,16). The molecule has 20 heavy (non-hydrogen) atoms. The number of rotatable bonds is 6. The molecule has 2 N–H and O–H groups in total. The molecule has 0 aliphatic rings. The number of thiazole rings is 1. The molecule has 0 fully saturated rings. The molecular weight excluding hydrogens is 300 g/mol. The van der Waals surface area contributed by atoms with E-state index in [9.17, 15) is 9.59 Å². The van der Waals surface area contributed by atoms with Gasteiger partial charge in [0.05, 0.1) is 18.5 Å². The number of hydrogen-bond donors (Lipinski definition) is 2. The highest BCUT2D eigenvalue weighted by atomic mass is 32.1. The largest absolute Gasteiger partial charge is 0.481 e. The molecule has 0 saturated heterocycles. The lowest BCUT2D eigenvalue weighted by Gasteiger charge is -1.97. The summed E-state index contributed by atoms with van der Waals surface area (Å²) in [6.45, 7) is 1.96. The second-order valence-corrected chi connectivity index (χ2v) is 5.89. The molecule has 9 heteroatoms. The molecule has 0 aliphatic heterocycles. The summed E-state index contributed by atoms with van der Waals surface area (Å²) >= 11 is 2.61. The van der Waals surface area contributed by atoms with Gasteiger partial charge in [0.15, 0.2) is 0 Å². The maximum Gasteiger partial charge on any atom is 0.309 e. The molecular formula is C11H12N4O3S2. The number of amides is 1. The Bertz CT molecular complexity index is 623. The molecule has 0 bridgehead atoms. The quantitative estimate of drug-likeness (QED) is 0.834. The first-order valence-corrected chi connectivity index (χ1v) is 7.53. The van der Waals surface area contributed by atoms with Gasteiger partial charge in [0.25, 0.3) is 0 Å². The van der Waals surface area contributed by atoms with Crippen molar-refractivity contribution >= 4 is 39.7 Å². The molecule has 2 rings (SSSR count). The summed E-state index contributed by atoms with van der Waals surface area (Å²) in [6, 6.07) is 0. The van der Waals surface area contributed by atoms with E-state index in [0.29, 0.717) is 15.8 Å². The van der Waals surface area contributed by atoms with Gasteiger partial charge < -0.3 is 10.4 Å². The molecule has 2 aromatic heterocycles. The van der Waals surface area contributed by atoms with Crippen molar-refractivity contribution in [3.05, 3.63) is 21.1 Å². The van der Waals surface area contributed by atoms with E-state index in [1.165, 1.54) is 22.7 Å². The summed E-state index contributed by atoms with van der Waals surface area (Å²) < 4.78 is 0. The van der Waals surface area contributed by atoms with Crippen LogP contribution in [0.3, 0.4) is 0 Å². The Hall–Kier alpha value is -1.87. The third kappa shape index (κ3) is 4.07. The summed E-state index contributed by atoms with van der Waals surface area (Å²) in [5, 5.41) is 22.6. The van der Waals surface area contributed by atoms with E-state index in [1.807, 2.05) is 6.92 Å². The summed E-state index contributed by atoms with van der Waals surface area (Å²) in [6.07, 6.45) is 0.748. The summed E-state index contributed by atoms with van der Waals surface area (Å²) in [5.41, 5.74) is 0.467. The monoisotopic (exact) mass is 312 g/mol. The van der Waals surface area contributed by atoms with Crippen molar-refractivity contribution in [1.82, 2.24) is 15.2 Å². The van der Waals surface area contributed by atoms with Crippen LogP contribution in [-0.2, 0) is 28.9 Å². The normalized spacial score (nSPS) is 10.4. The number of anilines is 1. The van der Waals surface area contributed by atoms with Gasteiger partial charge in [-0.3, -0.25) is 9.59 Å². The number of carbonyl (C=O) groups excluding carboxylic acids is 1. The Kier molecular flexibility index (Phi) is 4.74. The van der Waals surface area contributed by atoms with Crippen molar-refractivity contribution < 1.29 is 14.7 Å². The molecule has 2 heterocycles. The van der Waals surface area contributed by atoms with Crippen LogP contribution in [0.15, 0.2) is 5.38 Å². The van der Waals surface area contributed by atoms with E-state index in [-0.39, 0.29) is 18.7 Å². The Morgan fingerprint density at radius 1 is 1.30 bits per heavy atom. The zero-order chi connectivity index (χ0) is 14.5. The molecule has 0 saturated carbocycles. The molecule has 0 aromatic carbocycles. The topological polar surface area (TPSA) is 105 Å². The molecule has 0 spiro atoms. The van der Waals surface area contributed by atoms with E-state index >= 15 is 0 Å². The molecule has 106 valence electrons. The van der Waals surface area contributed by atoms with Crippen LogP contribution in [0.2, 0.25) is 0 Å². The fraction of sp³-hybridized carbons (Fsp3) is 0.364. The Balaban J connectivity index is 1.90. The first-order chi connectivity index (χ1) is 9.56. The highest BCUT2D eigenvalue weighted by Crippen LogP contribution is 2.16. The SMILES string of the molecule is CCc1nnc(NC(=O)Cc2nc(CC(=O)O)cs2)s1. The lowest BCUT2D eigenvalue weighted by Crippen LogP contribution is -2.14. The lowest BCUT2D eigenvalue weighted by molar-refractivity contribution is -0.136. The van der Waals surface area contributed by atoms with E-state index in [2.05, 4.69) is 20.5 Å².